The lowest BCUT2D eigenvalue weighted by atomic mass is 10.3. The molecule has 2 rings (SSSR count). The molecule has 0 saturated carbocycles. The molecule has 1 aromatic heterocycles. The van der Waals surface area contributed by atoms with Crippen LogP contribution in [0.4, 0.5) is 14.7 Å². The van der Waals surface area contributed by atoms with Crippen LogP contribution in [0.5, 0.6) is 5.75 Å². The molecule has 0 aliphatic carbocycles. The molecule has 0 radical (unpaired) electrons. The Balaban J connectivity index is 1.86. The van der Waals surface area contributed by atoms with Crippen LogP contribution in [0.2, 0.25) is 0 Å². The predicted octanol–water partition coefficient (Wildman–Crippen LogP) is 1.08. The third-order valence-corrected chi connectivity index (χ3v) is 2.59. The number of aliphatic hydroxyl groups is 1. The van der Waals surface area contributed by atoms with E-state index in [0.29, 0.717) is 17.5 Å². The van der Waals surface area contributed by atoms with Crippen LogP contribution < -0.4 is 15.6 Å². The first-order valence-corrected chi connectivity index (χ1v) is 6.55. The number of amides is 1. The summed E-state index contributed by atoms with van der Waals surface area (Å²) < 4.78 is 30.9. The van der Waals surface area contributed by atoms with Gasteiger partial charge in [0.25, 0.3) is 5.91 Å². The fraction of sp³-hybridized carbons (Fsp3) is 0.214. The average Bonchev–Trinajstić information content (AvgIpc) is 2.49. The van der Waals surface area contributed by atoms with Crippen molar-refractivity contribution in [3.05, 3.63) is 47.3 Å². The zero-order valence-electron chi connectivity index (χ0n) is 12.1. The van der Waals surface area contributed by atoms with Gasteiger partial charge in [0.1, 0.15) is 17.4 Å². The molecule has 0 saturated heterocycles. The van der Waals surface area contributed by atoms with Crippen molar-refractivity contribution < 1.29 is 23.4 Å². The number of aliphatic hydroxyl groups excluding tert-OH is 1. The number of ether oxygens (including phenoxy) is 1. The standard InChI is InChI=1S/C14H14F2N4O3/c1-8-2-11(6-21)18-14(17-8)20-19-13(22)7-23-12-4-9(15)3-10(16)5-12/h2-5,21H,6-7H2,1H3,(H,19,22)(H,17,18,20). The molecular formula is C14H14F2N4O3. The maximum absolute atomic E-state index is 13.0. The number of carbonyl (C=O) groups excluding carboxylic acids is 1. The maximum Gasteiger partial charge on any atom is 0.276 e. The van der Waals surface area contributed by atoms with Crippen LogP contribution in [-0.4, -0.2) is 27.6 Å². The van der Waals surface area contributed by atoms with E-state index in [-0.39, 0.29) is 18.3 Å². The lowest BCUT2D eigenvalue weighted by Gasteiger charge is -2.10. The van der Waals surface area contributed by atoms with Crippen molar-refractivity contribution in [2.45, 2.75) is 13.5 Å². The molecule has 1 heterocycles. The van der Waals surface area contributed by atoms with Crippen molar-refractivity contribution in [2.24, 2.45) is 0 Å². The Kier molecular flexibility index (Phi) is 5.36. The van der Waals surface area contributed by atoms with Gasteiger partial charge in [-0.05, 0) is 13.0 Å². The first-order valence-electron chi connectivity index (χ1n) is 6.55. The van der Waals surface area contributed by atoms with Crippen LogP contribution in [-0.2, 0) is 11.4 Å². The third-order valence-electron chi connectivity index (χ3n) is 2.59. The first-order chi connectivity index (χ1) is 11.0. The number of hydrogen-bond acceptors (Lipinski definition) is 6. The van der Waals surface area contributed by atoms with Gasteiger partial charge in [-0.2, -0.15) is 0 Å². The predicted molar refractivity (Wildman–Crippen MR) is 76.3 cm³/mol. The maximum atomic E-state index is 13.0. The van der Waals surface area contributed by atoms with Gasteiger partial charge in [-0.1, -0.05) is 0 Å². The second kappa shape index (κ2) is 7.45. The van der Waals surface area contributed by atoms with Crippen LogP contribution in [0.3, 0.4) is 0 Å². The van der Waals surface area contributed by atoms with Crippen molar-refractivity contribution in [1.82, 2.24) is 15.4 Å². The molecule has 0 atom stereocenters. The van der Waals surface area contributed by atoms with Gasteiger partial charge in [-0.15, -0.1) is 0 Å². The lowest BCUT2D eigenvalue weighted by molar-refractivity contribution is -0.122. The highest BCUT2D eigenvalue weighted by atomic mass is 19.1. The quantitative estimate of drug-likeness (QED) is 0.688. The number of anilines is 1. The second-order valence-corrected chi connectivity index (χ2v) is 4.55. The molecule has 1 aromatic carbocycles. The van der Waals surface area contributed by atoms with Gasteiger partial charge in [0.15, 0.2) is 6.61 Å². The first kappa shape index (κ1) is 16.6. The average molecular weight is 324 g/mol. The summed E-state index contributed by atoms with van der Waals surface area (Å²) in [5.74, 6) is -2.22. The van der Waals surface area contributed by atoms with E-state index in [9.17, 15) is 13.6 Å². The Morgan fingerprint density at radius 2 is 1.91 bits per heavy atom. The number of benzene rings is 1. The van der Waals surface area contributed by atoms with Crippen molar-refractivity contribution in [3.8, 4) is 5.75 Å². The van der Waals surface area contributed by atoms with Gasteiger partial charge in [0.05, 0.1) is 12.3 Å². The minimum Gasteiger partial charge on any atom is -0.483 e. The Labute approximate surface area is 130 Å². The van der Waals surface area contributed by atoms with Crippen LogP contribution in [0.1, 0.15) is 11.4 Å². The van der Waals surface area contributed by atoms with Gasteiger partial charge >= 0.3 is 0 Å². The van der Waals surface area contributed by atoms with Gasteiger partial charge in [-0.25, -0.2) is 18.7 Å². The molecule has 0 aliphatic rings. The number of nitrogens with zero attached hydrogens (tertiary/aromatic N) is 2. The lowest BCUT2D eigenvalue weighted by Crippen LogP contribution is -2.34. The molecule has 23 heavy (non-hydrogen) atoms. The number of hydrogen-bond donors (Lipinski definition) is 3. The molecule has 7 nitrogen and oxygen atoms in total. The number of nitrogens with one attached hydrogen (secondary N) is 2. The summed E-state index contributed by atoms with van der Waals surface area (Å²) in [6.07, 6.45) is 0. The number of hydrazine groups is 1. The normalized spacial score (nSPS) is 10.3. The number of aryl methyl sites for hydroxylation is 1. The summed E-state index contributed by atoms with van der Waals surface area (Å²) in [4.78, 5) is 19.6. The van der Waals surface area contributed by atoms with Gasteiger partial charge in [0, 0.05) is 23.9 Å². The highest BCUT2D eigenvalue weighted by molar-refractivity contribution is 5.78. The molecule has 0 spiro atoms. The Hall–Kier alpha value is -2.81. The fourth-order valence-corrected chi connectivity index (χ4v) is 1.69. The van der Waals surface area contributed by atoms with Crippen molar-refractivity contribution in [3.63, 3.8) is 0 Å². The van der Waals surface area contributed by atoms with Crippen LogP contribution >= 0.6 is 0 Å². The summed E-state index contributed by atoms with van der Waals surface area (Å²) in [7, 11) is 0. The number of aromatic nitrogens is 2. The van der Waals surface area contributed by atoms with E-state index in [1.807, 2.05) is 0 Å². The second-order valence-electron chi connectivity index (χ2n) is 4.55. The minimum absolute atomic E-state index is 0.0965. The van der Waals surface area contributed by atoms with E-state index in [1.165, 1.54) is 0 Å². The monoisotopic (exact) mass is 324 g/mol. The molecular weight excluding hydrogens is 310 g/mol. The molecule has 0 aliphatic heterocycles. The summed E-state index contributed by atoms with van der Waals surface area (Å²) in [6.45, 7) is 0.976. The Morgan fingerprint density at radius 3 is 2.57 bits per heavy atom. The molecule has 0 unspecified atom stereocenters. The molecule has 2 aromatic rings. The molecule has 9 heteroatoms. The van der Waals surface area contributed by atoms with E-state index < -0.39 is 24.1 Å². The number of rotatable bonds is 6. The van der Waals surface area contributed by atoms with E-state index in [1.54, 1.807) is 13.0 Å². The van der Waals surface area contributed by atoms with Crippen LogP contribution in [0, 0.1) is 18.6 Å². The van der Waals surface area contributed by atoms with Gasteiger partial charge in [0.2, 0.25) is 5.95 Å². The molecule has 0 fully saturated rings. The van der Waals surface area contributed by atoms with Gasteiger partial charge < -0.3 is 9.84 Å². The Morgan fingerprint density at radius 1 is 1.22 bits per heavy atom. The SMILES string of the molecule is Cc1cc(CO)nc(NNC(=O)COc2cc(F)cc(F)c2)n1. The van der Waals surface area contributed by atoms with E-state index >= 15 is 0 Å². The summed E-state index contributed by atoms with van der Waals surface area (Å²) >= 11 is 0. The highest BCUT2D eigenvalue weighted by Gasteiger charge is 2.07. The minimum atomic E-state index is -0.803. The fourth-order valence-electron chi connectivity index (χ4n) is 1.69. The number of halogens is 2. The van der Waals surface area contributed by atoms with Crippen LogP contribution in [0.25, 0.3) is 0 Å². The topological polar surface area (TPSA) is 96.4 Å². The summed E-state index contributed by atoms with van der Waals surface area (Å²) in [6, 6.07) is 4.21. The largest absolute Gasteiger partial charge is 0.483 e. The highest BCUT2D eigenvalue weighted by Crippen LogP contribution is 2.15. The van der Waals surface area contributed by atoms with Crippen LogP contribution in [0.15, 0.2) is 24.3 Å². The van der Waals surface area contributed by atoms with E-state index in [4.69, 9.17) is 9.84 Å². The molecule has 122 valence electrons. The molecule has 1 amide bonds. The van der Waals surface area contributed by atoms with Gasteiger partial charge in [-0.3, -0.25) is 15.6 Å². The van der Waals surface area contributed by atoms with Crippen molar-refractivity contribution in [2.75, 3.05) is 12.0 Å². The zero-order valence-corrected chi connectivity index (χ0v) is 12.1. The summed E-state index contributed by atoms with van der Waals surface area (Å²) in [5, 5.41) is 9.03. The van der Waals surface area contributed by atoms with E-state index in [0.717, 1.165) is 12.1 Å². The Bertz CT molecular complexity index is 692. The van der Waals surface area contributed by atoms with Crippen molar-refractivity contribution >= 4 is 11.9 Å². The smallest absolute Gasteiger partial charge is 0.276 e. The third kappa shape index (κ3) is 5.15. The number of carbonyl (C=O) groups is 1. The molecule has 3 N–H and O–H groups in total. The van der Waals surface area contributed by atoms with E-state index in [2.05, 4.69) is 20.8 Å². The van der Waals surface area contributed by atoms with Crippen molar-refractivity contribution in [1.29, 1.82) is 0 Å². The summed E-state index contributed by atoms with van der Waals surface area (Å²) in [5.41, 5.74) is 5.72. The molecule has 0 bridgehead atoms. The zero-order chi connectivity index (χ0) is 16.8.